The summed E-state index contributed by atoms with van der Waals surface area (Å²) in [5.74, 6) is 0. The van der Waals surface area contributed by atoms with Crippen molar-refractivity contribution in [3.63, 3.8) is 0 Å². The van der Waals surface area contributed by atoms with Gasteiger partial charge in [-0.3, -0.25) is 0 Å². The lowest BCUT2D eigenvalue weighted by Crippen LogP contribution is -2.35. The van der Waals surface area contributed by atoms with Gasteiger partial charge >= 0.3 is 0 Å². The molecule has 0 saturated carbocycles. The molecular weight excluding hydrogens is 162 g/mol. The van der Waals surface area contributed by atoms with Gasteiger partial charge in [0.25, 0.3) is 0 Å². The fraction of sp³-hybridized carbons (Fsp3) is 1.00. The molecule has 0 saturated heterocycles. The third-order valence-corrected chi connectivity index (χ3v) is 1.25. The predicted octanol–water partition coefficient (Wildman–Crippen LogP) is 1.42. The third-order valence-electron chi connectivity index (χ3n) is 1.25. The van der Waals surface area contributed by atoms with Gasteiger partial charge in [-0.15, -0.1) is 12.4 Å². The molecule has 0 aromatic carbocycles. The molecule has 2 N–H and O–H groups in total. The van der Waals surface area contributed by atoms with Crippen molar-refractivity contribution in [1.29, 1.82) is 0 Å². The quantitative estimate of drug-likeness (QED) is 0.691. The standard InChI is InChI=1S/C8H19NO.ClH/c1-7(5-10)9-6-8(2,3)4;/h7,9-10H,5-6H2,1-4H3;1H. The van der Waals surface area contributed by atoms with Gasteiger partial charge in [-0.25, -0.2) is 0 Å². The molecule has 0 amide bonds. The second kappa shape index (κ2) is 5.81. The van der Waals surface area contributed by atoms with Gasteiger partial charge < -0.3 is 10.4 Å². The zero-order valence-corrected chi connectivity index (χ0v) is 8.66. The zero-order chi connectivity index (χ0) is 8.20. The van der Waals surface area contributed by atoms with Crippen molar-refractivity contribution < 1.29 is 5.11 Å². The molecule has 11 heavy (non-hydrogen) atoms. The summed E-state index contributed by atoms with van der Waals surface area (Å²) in [7, 11) is 0. The van der Waals surface area contributed by atoms with Crippen molar-refractivity contribution in [3.05, 3.63) is 0 Å². The van der Waals surface area contributed by atoms with E-state index in [1.165, 1.54) is 0 Å². The Hall–Kier alpha value is 0.210. The van der Waals surface area contributed by atoms with Crippen LogP contribution in [0.4, 0.5) is 0 Å². The summed E-state index contributed by atoms with van der Waals surface area (Å²) in [5, 5.41) is 11.9. The summed E-state index contributed by atoms with van der Waals surface area (Å²) < 4.78 is 0. The van der Waals surface area contributed by atoms with Gasteiger partial charge in [0.05, 0.1) is 6.61 Å². The fourth-order valence-electron chi connectivity index (χ4n) is 0.545. The first-order valence-corrected chi connectivity index (χ1v) is 3.80. The molecule has 1 unspecified atom stereocenters. The van der Waals surface area contributed by atoms with Crippen LogP contribution in [0.5, 0.6) is 0 Å². The van der Waals surface area contributed by atoms with E-state index in [2.05, 4.69) is 26.1 Å². The van der Waals surface area contributed by atoms with Crippen LogP contribution in [-0.2, 0) is 0 Å². The van der Waals surface area contributed by atoms with E-state index in [9.17, 15) is 0 Å². The van der Waals surface area contributed by atoms with Crippen LogP contribution in [-0.4, -0.2) is 24.3 Å². The fourth-order valence-corrected chi connectivity index (χ4v) is 0.545. The van der Waals surface area contributed by atoms with E-state index >= 15 is 0 Å². The van der Waals surface area contributed by atoms with Gasteiger partial charge in [-0.1, -0.05) is 20.8 Å². The molecule has 0 bridgehead atoms. The Bertz CT molecular complexity index is 90.6. The molecule has 1 atom stereocenters. The molecule has 2 nitrogen and oxygen atoms in total. The average molecular weight is 182 g/mol. The van der Waals surface area contributed by atoms with Gasteiger partial charge in [-0.2, -0.15) is 0 Å². The molecule has 70 valence electrons. The number of hydrogen-bond donors (Lipinski definition) is 2. The Labute approximate surface area is 75.8 Å². The molecule has 0 rings (SSSR count). The molecule has 0 spiro atoms. The van der Waals surface area contributed by atoms with E-state index in [0.29, 0.717) is 5.41 Å². The van der Waals surface area contributed by atoms with Crippen LogP contribution >= 0.6 is 12.4 Å². The molecule has 0 radical (unpaired) electrons. The van der Waals surface area contributed by atoms with Crippen LogP contribution in [0.25, 0.3) is 0 Å². The van der Waals surface area contributed by atoms with Gasteiger partial charge in [0.1, 0.15) is 0 Å². The summed E-state index contributed by atoms with van der Waals surface area (Å²) in [4.78, 5) is 0. The SMILES string of the molecule is CC(CO)NCC(C)(C)C.Cl. The smallest absolute Gasteiger partial charge is 0.0581 e. The topological polar surface area (TPSA) is 32.3 Å². The monoisotopic (exact) mass is 181 g/mol. The Balaban J connectivity index is 0. The highest BCUT2D eigenvalue weighted by Crippen LogP contribution is 2.10. The second-order valence-electron chi connectivity index (χ2n) is 4.03. The van der Waals surface area contributed by atoms with Crippen molar-refractivity contribution in [1.82, 2.24) is 5.32 Å². The summed E-state index contributed by atoms with van der Waals surface area (Å²) in [5.41, 5.74) is 0.309. The predicted molar refractivity (Wildman–Crippen MR) is 51.3 cm³/mol. The number of nitrogens with one attached hydrogen (secondary N) is 1. The van der Waals surface area contributed by atoms with E-state index in [1.807, 2.05) is 6.92 Å². The summed E-state index contributed by atoms with van der Waals surface area (Å²) in [6.45, 7) is 9.66. The number of rotatable bonds is 3. The first-order chi connectivity index (χ1) is 4.45. The van der Waals surface area contributed by atoms with E-state index in [-0.39, 0.29) is 25.1 Å². The molecule has 0 fully saturated rings. The lowest BCUT2D eigenvalue weighted by Gasteiger charge is -2.21. The molecule has 0 aliphatic rings. The first-order valence-electron chi connectivity index (χ1n) is 3.80. The van der Waals surface area contributed by atoms with Crippen molar-refractivity contribution in [2.75, 3.05) is 13.2 Å². The lowest BCUT2D eigenvalue weighted by atomic mass is 9.97. The number of aliphatic hydroxyl groups is 1. The largest absolute Gasteiger partial charge is 0.395 e. The van der Waals surface area contributed by atoms with Crippen LogP contribution in [0.3, 0.4) is 0 Å². The van der Waals surface area contributed by atoms with Crippen LogP contribution in [0.1, 0.15) is 27.7 Å². The van der Waals surface area contributed by atoms with Crippen LogP contribution in [0, 0.1) is 5.41 Å². The van der Waals surface area contributed by atoms with E-state index in [1.54, 1.807) is 0 Å². The normalized spacial score (nSPS) is 13.9. The van der Waals surface area contributed by atoms with Crippen LogP contribution in [0.2, 0.25) is 0 Å². The Kier molecular flexibility index (Phi) is 7.28. The van der Waals surface area contributed by atoms with E-state index in [0.717, 1.165) is 6.54 Å². The maximum atomic E-state index is 8.67. The molecule has 0 aromatic rings. The van der Waals surface area contributed by atoms with Gasteiger partial charge in [-0.05, 0) is 12.3 Å². The zero-order valence-electron chi connectivity index (χ0n) is 7.85. The molecule has 0 aliphatic carbocycles. The van der Waals surface area contributed by atoms with Gasteiger partial charge in [0.2, 0.25) is 0 Å². The van der Waals surface area contributed by atoms with E-state index in [4.69, 9.17) is 5.11 Å². The Morgan fingerprint density at radius 1 is 1.36 bits per heavy atom. The lowest BCUT2D eigenvalue weighted by molar-refractivity contribution is 0.237. The van der Waals surface area contributed by atoms with Crippen molar-refractivity contribution >= 4 is 12.4 Å². The van der Waals surface area contributed by atoms with E-state index < -0.39 is 0 Å². The minimum absolute atomic E-state index is 0. The Morgan fingerprint density at radius 3 is 2.09 bits per heavy atom. The summed E-state index contributed by atoms with van der Waals surface area (Å²) >= 11 is 0. The minimum Gasteiger partial charge on any atom is -0.395 e. The van der Waals surface area contributed by atoms with Gasteiger partial charge in [0, 0.05) is 12.6 Å². The molecule has 0 heterocycles. The summed E-state index contributed by atoms with van der Waals surface area (Å²) in [6.07, 6.45) is 0. The highest BCUT2D eigenvalue weighted by atomic mass is 35.5. The first kappa shape index (κ1) is 13.8. The molecule has 0 aromatic heterocycles. The molecule has 0 aliphatic heterocycles. The second-order valence-corrected chi connectivity index (χ2v) is 4.03. The van der Waals surface area contributed by atoms with Crippen molar-refractivity contribution in [2.45, 2.75) is 33.7 Å². The summed E-state index contributed by atoms with van der Waals surface area (Å²) in [6, 6.07) is 0.222. The highest BCUT2D eigenvalue weighted by molar-refractivity contribution is 5.85. The number of halogens is 1. The number of aliphatic hydroxyl groups excluding tert-OH is 1. The van der Waals surface area contributed by atoms with Crippen LogP contribution in [0.15, 0.2) is 0 Å². The average Bonchev–Trinajstić information content (AvgIpc) is 1.81. The highest BCUT2D eigenvalue weighted by Gasteiger charge is 2.10. The number of hydrogen-bond acceptors (Lipinski definition) is 2. The molecular formula is C8H20ClNO. The molecule has 3 heteroatoms. The van der Waals surface area contributed by atoms with Crippen molar-refractivity contribution in [3.8, 4) is 0 Å². The van der Waals surface area contributed by atoms with Gasteiger partial charge in [0.15, 0.2) is 0 Å². The maximum Gasteiger partial charge on any atom is 0.0581 e. The Morgan fingerprint density at radius 2 is 1.82 bits per heavy atom. The third kappa shape index (κ3) is 10.2. The maximum absolute atomic E-state index is 8.67. The minimum atomic E-state index is 0. The van der Waals surface area contributed by atoms with Crippen molar-refractivity contribution in [2.24, 2.45) is 5.41 Å². The van der Waals surface area contributed by atoms with Crippen LogP contribution < -0.4 is 5.32 Å².